The number of carbonyl (C=O) groups excluding carboxylic acids is 1. The molecular formula is C27H25N5O3S. The molecule has 0 radical (unpaired) electrons. The molecule has 8 nitrogen and oxygen atoms in total. The van der Waals surface area contributed by atoms with Crippen molar-refractivity contribution in [3.8, 4) is 17.2 Å². The summed E-state index contributed by atoms with van der Waals surface area (Å²) in [5, 5.41) is 15.6. The quantitative estimate of drug-likeness (QED) is 0.476. The van der Waals surface area contributed by atoms with Gasteiger partial charge >= 0.3 is 0 Å². The third-order valence-corrected chi connectivity index (χ3v) is 6.81. The van der Waals surface area contributed by atoms with Crippen molar-refractivity contribution < 1.29 is 14.3 Å². The lowest BCUT2D eigenvalue weighted by molar-refractivity contribution is -0.114. The monoisotopic (exact) mass is 499 g/mol. The van der Waals surface area contributed by atoms with Crippen LogP contribution in [0.25, 0.3) is 11.8 Å². The molecule has 2 aliphatic heterocycles. The van der Waals surface area contributed by atoms with E-state index >= 15 is 0 Å². The lowest BCUT2D eigenvalue weighted by atomic mass is 10.1. The number of ether oxygens (including phenoxy) is 2. The van der Waals surface area contributed by atoms with Gasteiger partial charge in [-0.1, -0.05) is 18.2 Å². The number of methoxy groups -OCH3 is 1. The van der Waals surface area contributed by atoms with Gasteiger partial charge in [0.05, 0.1) is 12.7 Å². The molecule has 0 spiro atoms. The van der Waals surface area contributed by atoms with Gasteiger partial charge in [-0.2, -0.15) is 15.1 Å². The molecule has 1 aromatic heterocycles. The lowest BCUT2D eigenvalue weighted by Gasteiger charge is -2.20. The molecule has 0 saturated carbocycles. The number of aliphatic imine (C=N–C) groups is 1. The molecule has 2 aliphatic rings. The van der Waals surface area contributed by atoms with Gasteiger partial charge in [0.2, 0.25) is 5.17 Å². The topological polar surface area (TPSA) is 92.3 Å². The van der Waals surface area contributed by atoms with E-state index in [4.69, 9.17) is 14.9 Å². The first-order chi connectivity index (χ1) is 17.3. The predicted octanol–water partition coefficient (Wildman–Crippen LogP) is 5.11. The Hall–Kier alpha value is -4.11. The average Bonchev–Trinajstić information content (AvgIpc) is 3.40. The van der Waals surface area contributed by atoms with Gasteiger partial charge in [0.15, 0.2) is 5.84 Å². The molecule has 1 amide bonds. The maximum Gasteiger partial charge on any atom is 0.283 e. The van der Waals surface area contributed by atoms with E-state index in [0.717, 1.165) is 39.7 Å². The standard InChI is InChI=1S/C27H25N5O3S/c1-16-7-5-10-22(11-16)35-15-24-30-32-25(28)23(26(33)29-27(32)36-24)13-19-12-17(2)31(18(19)3)20-8-6-9-21(14-20)34-4/h5-14,28H,15H2,1-4H3. The second-order valence-electron chi connectivity index (χ2n) is 8.48. The van der Waals surface area contributed by atoms with Crippen LogP contribution in [0.2, 0.25) is 0 Å². The first-order valence-electron chi connectivity index (χ1n) is 11.4. The highest BCUT2D eigenvalue weighted by molar-refractivity contribution is 8.27. The SMILES string of the molecule is COc1cccc(-n2c(C)cc(C=C3C(=N)N4N=C(COc5cccc(C)c5)SC4=NC3=O)c2C)c1. The van der Waals surface area contributed by atoms with Crippen molar-refractivity contribution in [2.45, 2.75) is 20.8 Å². The molecule has 0 unspecified atom stereocenters. The van der Waals surface area contributed by atoms with Gasteiger partial charge in [-0.3, -0.25) is 10.2 Å². The zero-order chi connectivity index (χ0) is 25.4. The van der Waals surface area contributed by atoms with E-state index in [1.165, 1.54) is 16.8 Å². The highest BCUT2D eigenvalue weighted by Gasteiger charge is 2.36. The molecule has 1 N–H and O–H groups in total. The summed E-state index contributed by atoms with van der Waals surface area (Å²) in [6.07, 6.45) is 1.71. The molecule has 3 heterocycles. The maximum atomic E-state index is 12.9. The van der Waals surface area contributed by atoms with Crippen LogP contribution in [0.1, 0.15) is 22.5 Å². The summed E-state index contributed by atoms with van der Waals surface area (Å²) >= 11 is 1.24. The van der Waals surface area contributed by atoms with Crippen LogP contribution in [0.15, 0.2) is 70.3 Å². The van der Waals surface area contributed by atoms with E-state index in [1.54, 1.807) is 13.2 Å². The number of fused-ring (bicyclic) bond motifs is 1. The molecule has 0 atom stereocenters. The first kappa shape index (κ1) is 23.6. The fraction of sp³-hybridized carbons (Fsp3) is 0.185. The van der Waals surface area contributed by atoms with E-state index < -0.39 is 5.91 Å². The summed E-state index contributed by atoms with van der Waals surface area (Å²) in [4.78, 5) is 17.1. The summed E-state index contributed by atoms with van der Waals surface area (Å²) < 4.78 is 13.3. The minimum Gasteiger partial charge on any atom is -0.497 e. The van der Waals surface area contributed by atoms with E-state index in [9.17, 15) is 4.79 Å². The van der Waals surface area contributed by atoms with Crippen molar-refractivity contribution in [2.75, 3.05) is 13.7 Å². The van der Waals surface area contributed by atoms with Gasteiger partial charge in [0.1, 0.15) is 23.1 Å². The third kappa shape index (κ3) is 4.45. The number of carbonyl (C=O) groups is 1. The molecule has 0 fully saturated rings. The van der Waals surface area contributed by atoms with Gasteiger partial charge in [-0.05, 0) is 80.1 Å². The van der Waals surface area contributed by atoms with Gasteiger partial charge < -0.3 is 14.0 Å². The molecule has 5 rings (SSSR count). The number of aromatic nitrogens is 1. The van der Waals surface area contributed by atoms with Gasteiger partial charge in [0.25, 0.3) is 5.91 Å². The number of rotatable bonds is 6. The van der Waals surface area contributed by atoms with Crippen LogP contribution in [-0.4, -0.2) is 45.2 Å². The van der Waals surface area contributed by atoms with Crippen molar-refractivity contribution in [3.63, 3.8) is 0 Å². The minimum atomic E-state index is -0.457. The fourth-order valence-corrected chi connectivity index (χ4v) is 4.97. The number of thioether (sulfide) groups is 1. The minimum absolute atomic E-state index is 0.00533. The van der Waals surface area contributed by atoms with Crippen LogP contribution in [-0.2, 0) is 4.79 Å². The number of nitrogens with one attached hydrogen (secondary N) is 1. The van der Waals surface area contributed by atoms with Crippen LogP contribution >= 0.6 is 11.8 Å². The average molecular weight is 500 g/mol. The van der Waals surface area contributed by atoms with E-state index in [2.05, 4.69) is 14.7 Å². The van der Waals surface area contributed by atoms with Gasteiger partial charge in [-0.15, -0.1) is 0 Å². The molecule has 36 heavy (non-hydrogen) atoms. The molecule has 0 bridgehead atoms. The largest absolute Gasteiger partial charge is 0.497 e. The number of nitrogens with zero attached hydrogens (tertiary/aromatic N) is 4. The summed E-state index contributed by atoms with van der Waals surface area (Å²) in [5.74, 6) is 1.04. The van der Waals surface area contributed by atoms with E-state index in [-0.39, 0.29) is 18.0 Å². The summed E-state index contributed by atoms with van der Waals surface area (Å²) in [7, 11) is 1.64. The molecule has 0 saturated heterocycles. The zero-order valence-electron chi connectivity index (χ0n) is 20.4. The predicted molar refractivity (Wildman–Crippen MR) is 143 cm³/mol. The van der Waals surface area contributed by atoms with Crippen molar-refractivity contribution >= 4 is 39.8 Å². The zero-order valence-corrected chi connectivity index (χ0v) is 21.2. The normalized spacial score (nSPS) is 16.2. The highest BCUT2D eigenvalue weighted by Crippen LogP contribution is 2.30. The maximum absolute atomic E-state index is 12.9. The van der Waals surface area contributed by atoms with Crippen molar-refractivity contribution in [1.82, 2.24) is 9.58 Å². The summed E-state index contributed by atoms with van der Waals surface area (Å²) in [6.45, 7) is 6.21. The van der Waals surface area contributed by atoms with Crippen LogP contribution in [0.3, 0.4) is 0 Å². The molecule has 3 aromatic rings. The number of amidine groups is 2. The fourth-order valence-electron chi connectivity index (χ4n) is 4.18. The summed E-state index contributed by atoms with van der Waals surface area (Å²) in [6, 6.07) is 17.5. The van der Waals surface area contributed by atoms with Crippen LogP contribution in [0.4, 0.5) is 0 Å². The summed E-state index contributed by atoms with van der Waals surface area (Å²) in [5.41, 5.74) is 5.02. The number of hydrogen-bond donors (Lipinski definition) is 1. The number of aryl methyl sites for hydroxylation is 2. The van der Waals surface area contributed by atoms with Gasteiger partial charge in [0, 0.05) is 23.1 Å². The number of hydrazone groups is 1. The highest BCUT2D eigenvalue weighted by atomic mass is 32.2. The van der Waals surface area contributed by atoms with Crippen LogP contribution in [0, 0.1) is 26.2 Å². The van der Waals surface area contributed by atoms with E-state index in [1.807, 2.05) is 75.4 Å². The lowest BCUT2D eigenvalue weighted by Crippen LogP contribution is -2.35. The third-order valence-electron chi connectivity index (χ3n) is 5.93. The number of amides is 1. The Morgan fingerprint density at radius 2 is 1.83 bits per heavy atom. The molecular weight excluding hydrogens is 474 g/mol. The smallest absolute Gasteiger partial charge is 0.283 e. The first-order valence-corrected chi connectivity index (χ1v) is 12.2. The van der Waals surface area contributed by atoms with E-state index in [0.29, 0.717) is 10.2 Å². The Labute approximate surface area is 213 Å². The Balaban J connectivity index is 1.40. The van der Waals surface area contributed by atoms with Crippen LogP contribution in [0.5, 0.6) is 11.5 Å². The molecule has 2 aromatic carbocycles. The number of hydrogen-bond acceptors (Lipinski definition) is 6. The Bertz CT molecular complexity index is 1480. The van der Waals surface area contributed by atoms with Crippen LogP contribution < -0.4 is 9.47 Å². The van der Waals surface area contributed by atoms with Gasteiger partial charge in [-0.25, -0.2) is 0 Å². The molecule has 182 valence electrons. The second kappa shape index (κ2) is 9.50. The Morgan fingerprint density at radius 3 is 2.61 bits per heavy atom. The Kier molecular flexibility index (Phi) is 6.24. The van der Waals surface area contributed by atoms with Crippen molar-refractivity contribution in [1.29, 1.82) is 5.41 Å². The number of benzene rings is 2. The Morgan fingerprint density at radius 1 is 1.06 bits per heavy atom. The van der Waals surface area contributed by atoms with Crippen molar-refractivity contribution in [3.05, 3.63) is 82.7 Å². The molecule has 9 heteroatoms. The second-order valence-corrected chi connectivity index (χ2v) is 9.52. The molecule has 0 aliphatic carbocycles. The van der Waals surface area contributed by atoms with Crippen molar-refractivity contribution in [2.24, 2.45) is 10.1 Å².